The number of methoxy groups -OCH3 is 2. The molecule has 0 aliphatic carbocycles. The summed E-state index contributed by atoms with van der Waals surface area (Å²) in [6.45, 7) is 0. The SMILES string of the molecule is COc1ccc(Oc2nc(N)nc(OC)n2)c([N+](=O)[O-])c1. The number of nitro benzene ring substituents is 1. The van der Waals surface area contributed by atoms with Crippen LogP contribution in [0.4, 0.5) is 11.6 Å². The van der Waals surface area contributed by atoms with Gasteiger partial charge in [0, 0.05) is 0 Å². The van der Waals surface area contributed by atoms with Crippen LogP contribution in [0.1, 0.15) is 0 Å². The van der Waals surface area contributed by atoms with E-state index < -0.39 is 4.92 Å². The highest BCUT2D eigenvalue weighted by Crippen LogP contribution is 2.33. The molecule has 0 aliphatic rings. The van der Waals surface area contributed by atoms with E-state index in [4.69, 9.17) is 19.9 Å². The van der Waals surface area contributed by atoms with Crippen molar-refractivity contribution in [1.29, 1.82) is 0 Å². The van der Waals surface area contributed by atoms with Gasteiger partial charge in [-0.05, 0) is 12.1 Å². The first-order valence-corrected chi connectivity index (χ1v) is 5.59. The van der Waals surface area contributed by atoms with Gasteiger partial charge in [0.2, 0.25) is 11.7 Å². The van der Waals surface area contributed by atoms with Gasteiger partial charge in [0.1, 0.15) is 5.75 Å². The third kappa shape index (κ3) is 3.23. The van der Waals surface area contributed by atoms with Crippen molar-refractivity contribution >= 4 is 11.6 Å². The van der Waals surface area contributed by atoms with Gasteiger partial charge in [0.05, 0.1) is 25.2 Å². The molecular formula is C11H11N5O5. The number of ether oxygens (including phenoxy) is 3. The van der Waals surface area contributed by atoms with Gasteiger partial charge in [-0.15, -0.1) is 4.98 Å². The van der Waals surface area contributed by atoms with Crippen molar-refractivity contribution in [3.8, 4) is 23.5 Å². The normalized spacial score (nSPS) is 10.0. The molecule has 21 heavy (non-hydrogen) atoms. The molecule has 1 aromatic carbocycles. The van der Waals surface area contributed by atoms with E-state index >= 15 is 0 Å². The van der Waals surface area contributed by atoms with E-state index in [0.29, 0.717) is 5.75 Å². The summed E-state index contributed by atoms with van der Waals surface area (Å²) in [4.78, 5) is 21.6. The number of anilines is 1. The second-order valence-electron chi connectivity index (χ2n) is 3.66. The molecule has 0 bridgehead atoms. The fourth-order valence-corrected chi connectivity index (χ4v) is 1.44. The van der Waals surface area contributed by atoms with E-state index in [-0.39, 0.29) is 29.4 Å². The van der Waals surface area contributed by atoms with Crippen molar-refractivity contribution in [1.82, 2.24) is 15.0 Å². The van der Waals surface area contributed by atoms with E-state index in [0.717, 1.165) is 0 Å². The third-order valence-corrected chi connectivity index (χ3v) is 2.36. The van der Waals surface area contributed by atoms with E-state index in [1.54, 1.807) is 0 Å². The van der Waals surface area contributed by atoms with Gasteiger partial charge in [0.25, 0.3) is 0 Å². The number of aromatic nitrogens is 3. The summed E-state index contributed by atoms with van der Waals surface area (Å²) in [5.74, 6) is 0.128. The highest BCUT2D eigenvalue weighted by molar-refractivity contribution is 5.51. The van der Waals surface area contributed by atoms with Crippen LogP contribution >= 0.6 is 0 Å². The van der Waals surface area contributed by atoms with E-state index in [2.05, 4.69) is 15.0 Å². The van der Waals surface area contributed by atoms with Gasteiger partial charge in [-0.25, -0.2) is 0 Å². The van der Waals surface area contributed by atoms with Crippen LogP contribution in [0.3, 0.4) is 0 Å². The number of benzene rings is 1. The topological polar surface area (TPSA) is 136 Å². The summed E-state index contributed by atoms with van der Waals surface area (Å²) in [7, 11) is 2.74. The quantitative estimate of drug-likeness (QED) is 0.636. The summed E-state index contributed by atoms with van der Waals surface area (Å²) >= 11 is 0. The Morgan fingerprint density at radius 2 is 1.86 bits per heavy atom. The molecule has 10 heteroatoms. The number of nitrogen functional groups attached to an aromatic ring is 1. The third-order valence-electron chi connectivity index (χ3n) is 2.36. The lowest BCUT2D eigenvalue weighted by molar-refractivity contribution is -0.385. The van der Waals surface area contributed by atoms with Crippen molar-refractivity contribution in [3.63, 3.8) is 0 Å². The number of rotatable bonds is 5. The van der Waals surface area contributed by atoms with Gasteiger partial charge in [-0.1, -0.05) is 0 Å². The number of nitrogens with two attached hydrogens (primary N) is 1. The average Bonchev–Trinajstić information content (AvgIpc) is 2.46. The molecule has 110 valence electrons. The maximum absolute atomic E-state index is 11.0. The highest BCUT2D eigenvalue weighted by Gasteiger charge is 2.19. The number of hydrogen-bond acceptors (Lipinski definition) is 9. The molecule has 2 aromatic rings. The van der Waals surface area contributed by atoms with Crippen molar-refractivity contribution in [2.24, 2.45) is 0 Å². The van der Waals surface area contributed by atoms with Crippen LogP contribution in [-0.2, 0) is 0 Å². The molecule has 0 spiro atoms. The van der Waals surface area contributed by atoms with Crippen molar-refractivity contribution in [2.75, 3.05) is 20.0 Å². The second-order valence-corrected chi connectivity index (χ2v) is 3.66. The molecule has 10 nitrogen and oxygen atoms in total. The standard InChI is InChI=1S/C11H11N5O5/c1-19-6-3-4-8(7(5-6)16(17)18)21-11-14-9(12)13-10(15-11)20-2/h3-5H,1-2H3,(H2,12,13,14,15). The van der Waals surface area contributed by atoms with Crippen LogP contribution in [0, 0.1) is 10.1 Å². The Hall–Kier alpha value is -3.17. The van der Waals surface area contributed by atoms with Gasteiger partial charge in [-0.2, -0.15) is 9.97 Å². The largest absolute Gasteiger partial charge is 0.496 e. The van der Waals surface area contributed by atoms with E-state index in [9.17, 15) is 10.1 Å². The molecule has 1 heterocycles. The van der Waals surface area contributed by atoms with Gasteiger partial charge in [-0.3, -0.25) is 10.1 Å². The Balaban J connectivity index is 2.39. The number of hydrogen-bond donors (Lipinski definition) is 1. The zero-order valence-corrected chi connectivity index (χ0v) is 11.1. The summed E-state index contributed by atoms with van der Waals surface area (Å²) in [5, 5.41) is 11.0. The fraction of sp³-hybridized carbons (Fsp3) is 0.182. The van der Waals surface area contributed by atoms with Crippen LogP contribution in [0.5, 0.6) is 23.5 Å². The number of nitrogens with zero attached hydrogens (tertiary/aromatic N) is 4. The molecule has 0 fully saturated rings. The Morgan fingerprint density at radius 3 is 2.48 bits per heavy atom. The molecule has 0 radical (unpaired) electrons. The van der Waals surface area contributed by atoms with Gasteiger partial charge in [0.15, 0.2) is 0 Å². The zero-order valence-electron chi connectivity index (χ0n) is 11.1. The Labute approximate surface area is 118 Å². The zero-order chi connectivity index (χ0) is 15.4. The molecule has 0 unspecified atom stereocenters. The summed E-state index contributed by atoms with van der Waals surface area (Å²) in [5.41, 5.74) is 5.16. The van der Waals surface area contributed by atoms with Crippen LogP contribution < -0.4 is 19.9 Å². The minimum atomic E-state index is -0.611. The molecule has 0 atom stereocenters. The first kappa shape index (κ1) is 14.2. The first-order chi connectivity index (χ1) is 10.0. The van der Waals surface area contributed by atoms with Crippen LogP contribution in [0.25, 0.3) is 0 Å². The molecule has 0 aliphatic heterocycles. The Morgan fingerprint density at radius 1 is 1.14 bits per heavy atom. The first-order valence-electron chi connectivity index (χ1n) is 5.59. The lowest BCUT2D eigenvalue weighted by atomic mass is 10.3. The maximum atomic E-state index is 11.0. The minimum absolute atomic E-state index is 0.0614. The summed E-state index contributed by atoms with van der Waals surface area (Å²) in [6.07, 6.45) is 0. The molecule has 0 saturated carbocycles. The molecule has 2 N–H and O–H groups in total. The molecule has 1 aromatic heterocycles. The van der Waals surface area contributed by atoms with Gasteiger partial charge < -0.3 is 19.9 Å². The van der Waals surface area contributed by atoms with E-state index in [1.165, 1.54) is 32.4 Å². The molecule has 0 amide bonds. The highest BCUT2D eigenvalue weighted by atomic mass is 16.6. The van der Waals surface area contributed by atoms with E-state index in [1.807, 2.05) is 0 Å². The predicted molar refractivity (Wildman–Crippen MR) is 70.5 cm³/mol. The second kappa shape index (κ2) is 5.86. The Bertz CT molecular complexity index is 678. The molecular weight excluding hydrogens is 282 g/mol. The van der Waals surface area contributed by atoms with Crippen molar-refractivity contribution in [3.05, 3.63) is 28.3 Å². The van der Waals surface area contributed by atoms with Gasteiger partial charge >= 0.3 is 17.7 Å². The monoisotopic (exact) mass is 293 g/mol. The predicted octanol–water partition coefficient (Wildman–Crippen LogP) is 1.17. The summed E-state index contributed by atoms with van der Waals surface area (Å²) in [6, 6.07) is 3.81. The molecule has 2 rings (SSSR count). The van der Waals surface area contributed by atoms with Crippen LogP contribution in [0.15, 0.2) is 18.2 Å². The average molecular weight is 293 g/mol. The fourth-order valence-electron chi connectivity index (χ4n) is 1.44. The molecule has 0 saturated heterocycles. The smallest absolute Gasteiger partial charge is 0.330 e. The Kier molecular flexibility index (Phi) is 3.97. The van der Waals surface area contributed by atoms with Crippen molar-refractivity contribution < 1.29 is 19.1 Å². The summed E-state index contributed by atoms with van der Waals surface area (Å²) < 4.78 is 15.0. The lowest BCUT2D eigenvalue weighted by Gasteiger charge is -2.07. The lowest BCUT2D eigenvalue weighted by Crippen LogP contribution is -2.03. The van der Waals surface area contributed by atoms with Crippen LogP contribution in [0.2, 0.25) is 0 Å². The van der Waals surface area contributed by atoms with Crippen LogP contribution in [-0.4, -0.2) is 34.1 Å². The van der Waals surface area contributed by atoms with Crippen molar-refractivity contribution in [2.45, 2.75) is 0 Å². The maximum Gasteiger partial charge on any atom is 0.330 e. The minimum Gasteiger partial charge on any atom is -0.496 e. The number of nitro groups is 1.